The van der Waals surface area contributed by atoms with E-state index in [0.29, 0.717) is 31.2 Å². The van der Waals surface area contributed by atoms with E-state index in [1.165, 1.54) is 0 Å². The highest BCUT2D eigenvalue weighted by Gasteiger charge is 2.53. The maximum absolute atomic E-state index is 12.9. The van der Waals surface area contributed by atoms with Gasteiger partial charge in [0, 0.05) is 39.6 Å². The van der Waals surface area contributed by atoms with E-state index in [2.05, 4.69) is 16.9 Å². The Kier molecular flexibility index (Phi) is 5.77. The summed E-state index contributed by atoms with van der Waals surface area (Å²) in [6.07, 6.45) is 7.41. The Morgan fingerprint density at radius 2 is 1.87 bits per heavy atom. The Hall–Kier alpha value is -1.77. The predicted molar refractivity (Wildman–Crippen MR) is 117 cm³/mol. The summed E-state index contributed by atoms with van der Waals surface area (Å²) in [5.74, 6) is 0.575. The van der Waals surface area contributed by atoms with Gasteiger partial charge in [-0.2, -0.15) is 0 Å². The molecule has 1 N–H and O–H groups in total. The molecule has 3 fully saturated rings. The number of carbonyl (C=O) groups is 1. The normalized spacial score (nSPS) is 30.7. The molecule has 1 aromatic heterocycles. The van der Waals surface area contributed by atoms with Gasteiger partial charge in [-0.15, -0.1) is 0 Å². The molecule has 172 valence electrons. The first-order valence-corrected chi connectivity index (χ1v) is 11.3. The average Bonchev–Trinajstić information content (AvgIpc) is 2.73. The molecule has 0 aromatic carbocycles. The number of amides is 1. The van der Waals surface area contributed by atoms with Gasteiger partial charge in [0.1, 0.15) is 0 Å². The second-order valence-electron chi connectivity index (χ2n) is 10.6. The number of fused-ring (bicyclic) bond motifs is 1. The van der Waals surface area contributed by atoms with Crippen LogP contribution >= 0.6 is 0 Å². The molecule has 0 bridgehead atoms. The lowest BCUT2D eigenvalue weighted by molar-refractivity contribution is -0.271. The van der Waals surface area contributed by atoms with Gasteiger partial charge in [0.15, 0.2) is 0 Å². The number of rotatable bonds is 3. The van der Waals surface area contributed by atoms with Crippen LogP contribution in [0.5, 0.6) is 0 Å². The predicted octanol–water partition coefficient (Wildman–Crippen LogP) is 2.26. The molecule has 1 aromatic rings. The monoisotopic (exact) mass is 432 g/mol. The minimum absolute atomic E-state index is 0.0160. The summed E-state index contributed by atoms with van der Waals surface area (Å²) in [7, 11) is 3.75. The molecule has 0 aliphatic carbocycles. The van der Waals surface area contributed by atoms with E-state index in [-0.39, 0.29) is 29.1 Å². The molecule has 4 rings (SSSR count). The van der Waals surface area contributed by atoms with E-state index in [1.807, 2.05) is 37.7 Å². The van der Waals surface area contributed by atoms with Crippen molar-refractivity contribution in [2.45, 2.75) is 76.3 Å². The van der Waals surface area contributed by atoms with Gasteiger partial charge in [0.25, 0.3) is 5.91 Å². The van der Waals surface area contributed by atoms with Crippen molar-refractivity contribution < 1.29 is 19.4 Å². The Morgan fingerprint density at radius 1 is 1.23 bits per heavy atom. The smallest absolute Gasteiger partial charge is 0.256 e. The van der Waals surface area contributed by atoms with Gasteiger partial charge in [0.05, 0.1) is 35.6 Å². The van der Waals surface area contributed by atoms with Crippen molar-refractivity contribution in [1.29, 1.82) is 0 Å². The lowest BCUT2D eigenvalue weighted by Gasteiger charge is -2.56. The minimum atomic E-state index is -0.855. The molecule has 3 saturated heterocycles. The van der Waals surface area contributed by atoms with Gasteiger partial charge in [-0.25, -0.2) is 9.97 Å². The number of carbonyl (C=O) groups excluding carboxylic acids is 1. The van der Waals surface area contributed by atoms with E-state index in [4.69, 9.17) is 9.47 Å². The van der Waals surface area contributed by atoms with Crippen LogP contribution in [0.4, 0.5) is 5.95 Å². The molecule has 1 amide bonds. The SMILES string of the molecule is CN(C)c1ncc(C(=O)N2CCC3(CC2)CO[C@]2(C)CC[C@@H](C(C)(C)O)O[C@H]2C3)cn1. The number of hydrogen-bond acceptors (Lipinski definition) is 7. The van der Waals surface area contributed by atoms with Gasteiger partial charge >= 0.3 is 0 Å². The highest BCUT2D eigenvalue weighted by atomic mass is 16.6. The Balaban J connectivity index is 1.39. The third kappa shape index (κ3) is 4.43. The quantitative estimate of drug-likeness (QED) is 0.784. The van der Waals surface area contributed by atoms with Crippen LogP contribution in [0.3, 0.4) is 0 Å². The van der Waals surface area contributed by atoms with Crippen molar-refractivity contribution in [2.75, 3.05) is 38.7 Å². The lowest BCUT2D eigenvalue weighted by atomic mass is 9.68. The van der Waals surface area contributed by atoms with Gasteiger partial charge in [-0.05, 0) is 58.3 Å². The van der Waals surface area contributed by atoms with Crippen molar-refractivity contribution >= 4 is 11.9 Å². The van der Waals surface area contributed by atoms with Crippen LogP contribution in [0.15, 0.2) is 12.4 Å². The largest absolute Gasteiger partial charge is 0.388 e. The number of aliphatic hydroxyl groups is 1. The van der Waals surface area contributed by atoms with Crippen molar-refractivity contribution in [3.63, 3.8) is 0 Å². The van der Waals surface area contributed by atoms with Crippen LogP contribution in [-0.2, 0) is 9.47 Å². The second-order valence-corrected chi connectivity index (χ2v) is 10.6. The molecule has 1 spiro atoms. The Morgan fingerprint density at radius 3 is 2.45 bits per heavy atom. The van der Waals surface area contributed by atoms with Crippen LogP contribution < -0.4 is 4.90 Å². The standard InChI is InChI=1S/C23H36N4O4/c1-21(2,29)17-6-7-22(3)18(31-17)12-23(15-30-22)8-10-27(11-9-23)19(28)16-13-24-20(25-14-16)26(4)5/h13-14,17-18,29H,6-12,15H2,1-5H3/t17-,18-,22+/m0/s1. The average molecular weight is 433 g/mol. The third-order valence-corrected chi connectivity index (χ3v) is 7.42. The molecule has 31 heavy (non-hydrogen) atoms. The van der Waals surface area contributed by atoms with Gasteiger partial charge in [-0.3, -0.25) is 4.79 Å². The molecule has 3 atom stereocenters. The fourth-order valence-electron chi connectivity index (χ4n) is 5.09. The number of anilines is 1. The minimum Gasteiger partial charge on any atom is -0.388 e. The first kappa shape index (κ1) is 22.4. The van der Waals surface area contributed by atoms with Gasteiger partial charge in [-0.1, -0.05) is 0 Å². The van der Waals surface area contributed by atoms with Crippen LogP contribution in [0, 0.1) is 5.41 Å². The molecule has 0 radical (unpaired) electrons. The third-order valence-electron chi connectivity index (χ3n) is 7.42. The fraction of sp³-hybridized carbons (Fsp3) is 0.783. The van der Waals surface area contributed by atoms with Crippen LogP contribution in [0.2, 0.25) is 0 Å². The van der Waals surface area contributed by atoms with E-state index < -0.39 is 5.60 Å². The maximum atomic E-state index is 12.9. The van der Waals surface area contributed by atoms with E-state index in [0.717, 1.165) is 32.1 Å². The number of aromatic nitrogens is 2. The van der Waals surface area contributed by atoms with E-state index in [1.54, 1.807) is 12.4 Å². The summed E-state index contributed by atoms with van der Waals surface area (Å²) in [6, 6.07) is 0. The molecular formula is C23H36N4O4. The van der Waals surface area contributed by atoms with Crippen LogP contribution in [0.1, 0.15) is 63.2 Å². The van der Waals surface area contributed by atoms with E-state index in [9.17, 15) is 9.90 Å². The molecule has 4 heterocycles. The maximum Gasteiger partial charge on any atom is 0.256 e. The molecule has 0 saturated carbocycles. The fourth-order valence-corrected chi connectivity index (χ4v) is 5.09. The first-order chi connectivity index (χ1) is 14.5. The van der Waals surface area contributed by atoms with Crippen molar-refractivity contribution in [2.24, 2.45) is 5.41 Å². The molecule has 8 nitrogen and oxygen atoms in total. The summed E-state index contributed by atoms with van der Waals surface area (Å²) in [5, 5.41) is 10.4. The zero-order valence-electron chi connectivity index (χ0n) is 19.4. The lowest BCUT2D eigenvalue weighted by Crippen LogP contribution is -2.61. The summed E-state index contributed by atoms with van der Waals surface area (Å²) in [4.78, 5) is 25.2. The Bertz CT molecular complexity index is 799. The number of nitrogens with zero attached hydrogens (tertiary/aromatic N) is 4. The van der Waals surface area contributed by atoms with Crippen molar-refractivity contribution in [3.05, 3.63) is 18.0 Å². The second kappa shape index (κ2) is 7.98. The van der Waals surface area contributed by atoms with Gasteiger partial charge < -0.3 is 24.4 Å². The molecule has 3 aliphatic rings. The Labute approximate surface area is 184 Å². The molecule has 3 aliphatic heterocycles. The molecule has 0 unspecified atom stereocenters. The topological polar surface area (TPSA) is 88.0 Å². The number of piperidine rings is 1. The zero-order chi connectivity index (χ0) is 22.4. The van der Waals surface area contributed by atoms with Crippen molar-refractivity contribution in [1.82, 2.24) is 14.9 Å². The number of hydrogen-bond donors (Lipinski definition) is 1. The molecular weight excluding hydrogens is 396 g/mol. The van der Waals surface area contributed by atoms with Crippen molar-refractivity contribution in [3.8, 4) is 0 Å². The number of likely N-dealkylation sites (tertiary alicyclic amines) is 1. The summed E-state index contributed by atoms with van der Waals surface area (Å²) < 4.78 is 12.8. The van der Waals surface area contributed by atoms with Crippen LogP contribution in [-0.4, -0.2) is 83.1 Å². The van der Waals surface area contributed by atoms with Gasteiger partial charge in [0.2, 0.25) is 5.95 Å². The summed E-state index contributed by atoms with van der Waals surface area (Å²) in [5.41, 5.74) is -0.594. The number of ether oxygens (including phenoxy) is 2. The van der Waals surface area contributed by atoms with E-state index >= 15 is 0 Å². The zero-order valence-corrected chi connectivity index (χ0v) is 19.4. The summed E-state index contributed by atoms with van der Waals surface area (Å²) in [6.45, 7) is 7.86. The van der Waals surface area contributed by atoms with Crippen LogP contribution in [0.25, 0.3) is 0 Å². The summed E-state index contributed by atoms with van der Waals surface area (Å²) >= 11 is 0. The highest BCUT2D eigenvalue weighted by Crippen LogP contribution is 2.49. The molecule has 8 heteroatoms. The highest BCUT2D eigenvalue weighted by molar-refractivity contribution is 5.93. The first-order valence-electron chi connectivity index (χ1n) is 11.3.